The van der Waals surface area contributed by atoms with E-state index in [9.17, 15) is 4.79 Å². The maximum absolute atomic E-state index is 12.1. The van der Waals surface area contributed by atoms with Crippen LogP contribution in [0.2, 0.25) is 0 Å². The lowest BCUT2D eigenvalue weighted by molar-refractivity contribution is 0.0383. The van der Waals surface area contributed by atoms with Gasteiger partial charge in [0.15, 0.2) is 11.5 Å². The third kappa shape index (κ3) is 5.14. The number of amides is 1. The van der Waals surface area contributed by atoms with Crippen molar-refractivity contribution in [1.82, 2.24) is 20.4 Å². The van der Waals surface area contributed by atoms with E-state index in [0.717, 1.165) is 44.3 Å². The molecule has 0 bridgehead atoms. The van der Waals surface area contributed by atoms with Gasteiger partial charge in [-0.15, -0.1) is 10.2 Å². The lowest BCUT2D eigenvalue weighted by atomic mass is 10.3. The van der Waals surface area contributed by atoms with Crippen LogP contribution in [0, 0.1) is 0 Å². The van der Waals surface area contributed by atoms with Gasteiger partial charge in [0, 0.05) is 37.9 Å². The average Bonchev–Trinajstić information content (AvgIpc) is 2.69. The highest BCUT2D eigenvalue weighted by Gasteiger charge is 2.12. The molecule has 1 fully saturated rings. The number of carbonyl (C=O) groups is 1. The molecule has 8 nitrogen and oxygen atoms in total. The molecular formula is C18H23N5O3. The molecular weight excluding hydrogens is 334 g/mol. The van der Waals surface area contributed by atoms with E-state index in [4.69, 9.17) is 9.47 Å². The number of carbonyl (C=O) groups excluding carboxylic acids is 1. The summed E-state index contributed by atoms with van der Waals surface area (Å²) in [6.07, 6.45) is 0. The van der Waals surface area contributed by atoms with Crippen LogP contribution in [0.1, 0.15) is 10.5 Å². The van der Waals surface area contributed by atoms with Gasteiger partial charge in [0.2, 0.25) is 0 Å². The fraction of sp³-hybridized carbons (Fsp3) is 0.389. The molecule has 2 heterocycles. The molecule has 0 saturated carbocycles. The summed E-state index contributed by atoms with van der Waals surface area (Å²) in [7, 11) is 1.62. The molecule has 1 aliphatic heterocycles. The first-order valence-electron chi connectivity index (χ1n) is 8.58. The summed E-state index contributed by atoms with van der Waals surface area (Å²) in [5.74, 6) is 1.08. The number of benzene rings is 1. The molecule has 138 valence electrons. The Morgan fingerprint density at radius 2 is 2.08 bits per heavy atom. The number of ether oxygens (including phenoxy) is 2. The van der Waals surface area contributed by atoms with E-state index in [0.29, 0.717) is 18.1 Å². The Balaban J connectivity index is 1.49. The number of hydrogen-bond acceptors (Lipinski definition) is 7. The second-order valence-electron chi connectivity index (χ2n) is 5.87. The van der Waals surface area contributed by atoms with Crippen molar-refractivity contribution in [3.63, 3.8) is 0 Å². The van der Waals surface area contributed by atoms with Gasteiger partial charge in [-0.05, 0) is 24.3 Å². The quantitative estimate of drug-likeness (QED) is 0.772. The molecule has 1 saturated heterocycles. The smallest absolute Gasteiger partial charge is 0.271 e. The van der Waals surface area contributed by atoms with Crippen molar-refractivity contribution in [2.45, 2.75) is 0 Å². The highest BCUT2D eigenvalue weighted by Crippen LogP contribution is 2.19. The van der Waals surface area contributed by atoms with Gasteiger partial charge in [0.1, 0.15) is 5.75 Å². The van der Waals surface area contributed by atoms with Crippen LogP contribution in [0.15, 0.2) is 36.4 Å². The molecule has 0 spiro atoms. The van der Waals surface area contributed by atoms with Crippen LogP contribution in [0.5, 0.6) is 5.75 Å². The predicted molar refractivity (Wildman–Crippen MR) is 97.9 cm³/mol. The zero-order valence-corrected chi connectivity index (χ0v) is 14.8. The molecule has 0 radical (unpaired) electrons. The molecule has 0 atom stereocenters. The van der Waals surface area contributed by atoms with E-state index in [2.05, 4.69) is 25.7 Å². The molecule has 2 N–H and O–H groups in total. The number of nitrogens with zero attached hydrogens (tertiary/aromatic N) is 3. The Bertz CT molecular complexity index is 717. The van der Waals surface area contributed by atoms with Crippen molar-refractivity contribution >= 4 is 17.4 Å². The first-order valence-corrected chi connectivity index (χ1v) is 8.58. The highest BCUT2D eigenvalue weighted by molar-refractivity contribution is 5.92. The normalized spacial score (nSPS) is 14.7. The van der Waals surface area contributed by atoms with Crippen LogP contribution in [-0.2, 0) is 4.74 Å². The van der Waals surface area contributed by atoms with Crippen molar-refractivity contribution in [2.75, 3.05) is 51.8 Å². The Kier molecular flexibility index (Phi) is 6.34. The van der Waals surface area contributed by atoms with Gasteiger partial charge < -0.3 is 20.1 Å². The van der Waals surface area contributed by atoms with Crippen LogP contribution >= 0.6 is 0 Å². The Hall–Kier alpha value is -2.71. The average molecular weight is 357 g/mol. The molecule has 1 aromatic carbocycles. The lowest BCUT2D eigenvalue weighted by Gasteiger charge is -2.26. The van der Waals surface area contributed by atoms with Gasteiger partial charge >= 0.3 is 0 Å². The summed E-state index contributed by atoms with van der Waals surface area (Å²) in [5.41, 5.74) is 1.13. The Morgan fingerprint density at radius 3 is 2.81 bits per heavy atom. The second-order valence-corrected chi connectivity index (χ2v) is 5.87. The molecule has 1 amide bonds. The van der Waals surface area contributed by atoms with E-state index < -0.39 is 0 Å². The van der Waals surface area contributed by atoms with Crippen molar-refractivity contribution in [1.29, 1.82) is 0 Å². The van der Waals surface area contributed by atoms with E-state index in [1.807, 2.05) is 24.3 Å². The molecule has 2 aromatic rings. The SMILES string of the molecule is COc1cccc(Nc2ccc(C(=O)NCCN3CCOCC3)nn2)c1. The Morgan fingerprint density at radius 1 is 1.23 bits per heavy atom. The van der Waals surface area contributed by atoms with E-state index in [-0.39, 0.29) is 5.91 Å². The molecule has 1 aromatic heterocycles. The molecule has 3 rings (SSSR count). The largest absolute Gasteiger partial charge is 0.497 e. The number of methoxy groups -OCH3 is 1. The van der Waals surface area contributed by atoms with Crippen LogP contribution in [-0.4, -0.2) is 67.5 Å². The van der Waals surface area contributed by atoms with Gasteiger partial charge in [-0.25, -0.2) is 0 Å². The summed E-state index contributed by atoms with van der Waals surface area (Å²) in [5, 5.41) is 14.0. The first kappa shape index (κ1) is 18.1. The molecule has 8 heteroatoms. The molecule has 26 heavy (non-hydrogen) atoms. The zero-order valence-electron chi connectivity index (χ0n) is 14.8. The van der Waals surface area contributed by atoms with E-state index in [1.54, 1.807) is 19.2 Å². The zero-order chi connectivity index (χ0) is 18.2. The summed E-state index contributed by atoms with van der Waals surface area (Å²) in [6, 6.07) is 10.9. The number of aromatic nitrogens is 2. The summed E-state index contributed by atoms with van der Waals surface area (Å²) in [4.78, 5) is 14.4. The van der Waals surface area contributed by atoms with Crippen molar-refractivity contribution in [2.24, 2.45) is 0 Å². The maximum atomic E-state index is 12.1. The fourth-order valence-electron chi connectivity index (χ4n) is 2.61. The molecule has 0 aliphatic carbocycles. The topological polar surface area (TPSA) is 88.6 Å². The minimum Gasteiger partial charge on any atom is -0.497 e. The number of anilines is 2. The van der Waals surface area contributed by atoms with Crippen LogP contribution < -0.4 is 15.4 Å². The number of rotatable bonds is 7. The summed E-state index contributed by atoms with van der Waals surface area (Å²) >= 11 is 0. The Labute approximate surface area is 152 Å². The van der Waals surface area contributed by atoms with Crippen molar-refractivity contribution in [3.8, 4) is 5.75 Å². The third-order valence-corrected chi connectivity index (χ3v) is 4.06. The number of morpholine rings is 1. The van der Waals surface area contributed by atoms with E-state index in [1.165, 1.54) is 0 Å². The minimum absolute atomic E-state index is 0.223. The number of nitrogens with one attached hydrogen (secondary N) is 2. The first-order chi connectivity index (χ1) is 12.7. The van der Waals surface area contributed by atoms with Crippen molar-refractivity contribution < 1.29 is 14.3 Å². The van der Waals surface area contributed by atoms with E-state index >= 15 is 0 Å². The predicted octanol–water partition coefficient (Wildman–Crippen LogP) is 1.29. The molecule has 1 aliphatic rings. The van der Waals surface area contributed by atoms with Gasteiger partial charge in [0.25, 0.3) is 5.91 Å². The van der Waals surface area contributed by atoms with Gasteiger partial charge in [-0.2, -0.15) is 0 Å². The van der Waals surface area contributed by atoms with Gasteiger partial charge in [-0.3, -0.25) is 9.69 Å². The van der Waals surface area contributed by atoms with Gasteiger partial charge in [0.05, 0.1) is 20.3 Å². The third-order valence-electron chi connectivity index (χ3n) is 4.06. The summed E-state index contributed by atoms with van der Waals surface area (Å²) < 4.78 is 10.5. The lowest BCUT2D eigenvalue weighted by Crippen LogP contribution is -2.41. The van der Waals surface area contributed by atoms with Crippen LogP contribution in [0.25, 0.3) is 0 Å². The molecule has 0 unspecified atom stereocenters. The minimum atomic E-state index is -0.223. The van der Waals surface area contributed by atoms with Crippen LogP contribution in [0.3, 0.4) is 0 Å². The maximum Gasteiger partial charge on any atom is 0.271 e. The monoisotopic (exact) mass is 357 g/mol. The summed E-state index contributed by atoms with van der Waals surface area (Å²) in [6.45, 7) is 4.69. The van der Waals surface area contributed by atoms with Gasteiger partial charge in [-0.1, -0.05) is 6.07 Å². The van der Waals surface area contributed by atoms with Crippen molar-refractivity contribution in [3.05, 3.63) is 42.1 Å². The second kappa shape index (κ2) is 9.12. The number of hydrogen-bond donors (Lipinski definition) is 2. The fourth-order valence-corrected chi connectivity index (χ4v) is 2.61. The van der Waals surface area contributed by atoms with Crippen LogP contribution in [0.4, 0.5) is 11.5 Å². The highest BCUT2D eigenvalue weighted by atomic mass is 16.5. The standard InChI is InChI=1S/C18H23N5O3/c1-25-15-4-2-3-14(13-15)20-17-6-5-16(21-22-17)18(24)19-7-8-23-9-11-26-12-10-23/h2-6,13H,7-12H2,1H3,(H,19,24)(H,20,22).